The molecule has 2 aliphatic heterocycles. The van der Waals surface area contributed by atoms with E-state index in [0.29, 0.717) is 22.3 Å². The summed E-state index contributed by atoms with van der Waals surface area (Å²) >= 11 is 16.0. The second-order valence-corrected chi connectivity index (χ2v) is 14.2. The summed E-state index contributed by atoms with van der Waals surface area (Å²) < 4.78 is 31.9. The van der Waals surface area contributed by atoms with Crippen LogP contribution in [0.2, 0.25) is 10.0 Å². The van der Waals surface area contributed by atoms with Gasteiger partial charge in [-0.3, -0.25) is 9.36 Å². The number of fused-ring (bicyclic) bond motifs is 1. The van der Waals surface area contributed by atoms with Crippen LogP contribution in [0.4, 0.5) is 16.4 Å². The Hall–Kier alpha value is -2.64. The molecule has 3 heterocycles. The van der Waals surface area contributed by atoms with Crippen LogP contribution in [0, 0.1) is 0 Å². The van der Waals surface area contributed by atoms with Crippen molar-refractivity contribution in [2.24, 2.45) is 0 Å². The summed E-state index contributed by atoms with van der Waals surface area (Å²) in [4.78, 5) is 34.2. The van der Waals surface area contributed by atoms with Gasteiger partial charge in [-0.2, -0.15) is 4.31 Å². The van der Waals surface area contributed by atoms with E-state index in [9.17, 15) is 18.0 Å². The van der Waals surface area contributed by atoms with E-state index in [4.69, 9.17) is 23.2 Å². The number of nitrogens with one attached hydrogen (secondary N) is 1. The van der Waals surface area contributed by atoms with E-state index in [0.717, 1.165) is 22.9 Å². The molecule has 224 valence electrons. The molecule has 1 fully saturated rings. The van der Waals surface area contributed by atoms with Gasteiger partial charge in [-0.25, -0.2) is 23.1 Å². The van der Waals surface area contributed by atoms with Gasteiger partial charge in [-0.15, -0.1) is 0 Å². The molecule has 0 bridgehead atoms. The summed E-state index contributed by atoms with van der Waals surface area (Å²) in [6.07, 6.45) is 3.34. The molecule has 1 atom stereocenters. The summed E-state index contributed by atoms with van der Waals surface area (Å²) in [6, 6.07) is 12.1. The molecule has 1 aromatic heterocycles. The smallest absolute Gasteiger partial charge is 0.317 e. The second kappa shape index (κ2) is 12.2. The summed E-state index contributed by atoms with van der Waals surface area (Å²) in [7, 11) is -4.09. The molecule has 10 nitrogen and oxygen atoms in total. The lowest BCUT2D eigenvalue weighted by Gasteiger charge is -2.34. The number of sulfonamides is 1. The first kappa shape index (κ1) is 30.8. The molecule has 3 amide bonds. The molecule has 5 rings (SSSR count). The van der Waals surface area contributed by atoms with Gasteiger partial charge in [-0.1, -0.05) is 64.6 Å². The molecule has 0 radical (unpaired) electrons. The number of urea groups is 1. The third kappa shape index (κ3) is 5.79. The molecule has 1 unspecified atom stereocenters. The predicted molar refractivity (Wildman–Crippen MR) is 166 cm³/mol. The van der Waals surface area contributed by atoms with E-state index >= 15 is 0 Å². The first-order valence-corrected chi connectivity index (χ1v) is 16.6. The second-order valence-electron chi connectivity index (χ2n) is 10.6. The maximum absolute atomic E-state index is 14.2. The van der Waals surface area contributed by atoms with Gasteiger partial charge in [0.15, 0.2) is 5.03 Å². The number of hydrogen-bond acceptors (Lipinski definition) is 5. The average Bonchev–Trinajstić information content (AvgIpc) is 3.48. The van der Waals surface area contributed by atoms with Gasteiger partial charge in [-0.05, 0) is 49.2 Å². The Morgan fingerprint density at radius 1 is 1.07 bits per heavy atom. The summed E-state index contributed by atoms with van der Waals surface area (Å²) in [5.41, 5.74) is -0.112. The molecule has 42 heavy (non-hydrogen) atoms. The Kier molecular flexibility index (Phi) is 8.92. The standard InChI is InChI=1S/C28H31BrCl2N6O4S/c1-3-4-9-32-27(39)34-10-12-35(13-11-34)42(40,41)24-18-33-26-36(23-15-21(30)14-22(31)16-23)25(38)28(2,37(24)26)17-19-5-7-20(29)8-6-19/h5-8,14-16,18H,3-4,9-13,17H2,1-2H3,(H,32,39). The number of carbonyl (C=O) groups is 2. The summed E-state index contributed by atoms with van der Waals surface area (Å²) in [5, 5.41) is 3.44. The van der Waals surface area contributed by atoms with Crippen LogP contribution in [0.5, 0.6) is 0 Å². The molecule has 2 aromatic carbocycles. The molecule has 2 aliphatic rings. The Balaban J connectivity index is 1.51. The highest BCUT2D eigenvalue weighted by atomic mass is 79.9. The topological polar surface area (TPSA) is 108 Å². The number of rotatable bonds is 8. The Labute approximate surface area is 263 Å². The SMILES string of the molecule is CCCCNC(=O)N1CCN(S(=O)(=O)c2cnc3n2C(C)(Cc2ccc(Br)cc2)C(=O)N3c2cc(Cl)cc(Cl)c2)CC1. The van der Waals surface area contributed by atoms with Crippen molar-refractivity contribution in [3.63, 3.8) is 0 Å². The summed E-state index contributed by atoms with van der Waals surface area (Å²) in [5.74, 6) is -0.206. The zero-order chi connectivity index (χ0) is 30.2. The fraction of sp³-hybridized carbons (Fsp3) is 0.393. The molecule has 0 saturated carbocycles. The molecule has 0 spiro atoms. The van der Waals surface area contributed by atoms with Crippen LogP contribution >= 0.6 is 39.1 Å². The van der Waals surface area contributed by atoms with Gasteiger partial charge in [0.25, 0.3) is 15.9 Å². The lowest BCUT2D eigenvalue weighted by Crippen LogP contribution is -2.53. The maximum Gasteiger partial charge on any atom is 0.317 e. The molecule has 0 aliphatic carbocycles. The Morgan fingerprint density at radius 2 is 1.71 bits per heavy atom. The summed E-state index contributed by atoms with van der Waals surface area (Å²) in [6.45, 7) is 5.08. The predicted octanol–water partition coefficient (Wildman–Crippen LogP) is 5.40. The van der Waals surface area contributed by atoms with Crippen molar-refractivity contribution in [3.05, 3.63) is 68.7 Å². The minimum Gasteiger partial charge on any atom is -0.338 e. The van der Waals surface area contributed by atoms with E-state index in [1.165, 1.54) is 20.0 Å². The number of benzene rings is 2. The van der Waals surface area contributed by atoms with E-state index in [1.807, 2.05) is 31.2 Å². The highest BCUT2D eigenvalue weighted by molar-refractivity contribution is 9.10. The van der Waals surface area contributed by atoms with Crippen LogP contribution in [0.25, 0.3) is 0 Å². The first-order valence-electron chi connectivity index (χ1n) is 13.6. The first-order chi connectivity index (χ1) is 20.0. The number of piperazine rings is 1. The van der Waals surface area contributed by atoms with E-state index in [1.54, 1.807) is 30.0 Å². The third-order valence-electron chi connectivity index (χ3n) is 7.57. The van der Waals surface area contributed by atoms with Crippen molar-refractivity contribution in [1.82, 2.24) is 24.1 Å². The van der Waals surface area contributed by atoms with Gasteiger partial charge in [0.2, 0.25) is 5.95 Å². The number of imidazole rings is 1. The Morgan fingerprint density at radius 3 is 2.33 bits per heavy atom. The monoisotopic (exact) mass is 696 g/mol. The minimum atomic E-state index is -4.09. The van der Waals surface area contributed by atoms with E-state index < -0.39 is 15.6 Å². The van der Waals surface area contributed by atoms with Crippen LogP contribution < -0.4 is 10.2 Å². The normalized spacial score (nSPS) is 19.3. The largest absolute Gasteiger partial charge is 0.338 e. The number of amides is 3. The van der Waals surface area contributed by atoms with Gasteiger partial charge >= 0.3 is 6.03 Å². The molecule has 1 saturated heterocycles. The van der Waals surface area contributed by atoms with Crippen molar-refractivity contribution in [2.75, 3.05) is 37.6 Å². The third-order valence-corrected chi connectivity index (χ3v) is 10.4. The molecule has 1 N–H and O–H groups in total. The van der Waals surface area contributed by atoms with E-state index in [-0.39, 0.29) is 55.5 Å². The van der Waals surface area contributed by atoms with Crippen molar-refractivity contribution < 1.29 is 18.0 Å². The highest BCUT2D eigenvalue weighted by Crippen LogP contribution is 2.45. The van der Waals surface area contributed by atoms with Gasteiger partial charge in [0.05, 0.1) is 11.9 Å². The number of halogens is 3. The van der Waals surface area contributed by atoms with Gasteiger partial charge in [0.1, 0.15) is 5.54 Å². The number of aromatic nitrogens is 2. The Bertz CT molecular complexity index is 1590. The fourth-order valence-electron chi connectivity index (χ4n) is 5.36. The zero-order valence-electron chi connectivity index (χ0n) is 23.2. The average molecular weight is 698 g/mol. The lowest BCUT2D eigenvalue weighted by atomic mass is 9.92. The number of unbranched alkanes of at least 4 members (excludes halogenated alkanes) is 1. The van der Waals surface area contributed by atoms with Crippen LogP contribution in [0.1, 0.15) is 32.3 Å². The number of hydrogen-bond donors (Lipinski definition) is 1. The van der Waals surface area contributed by atoms with Crippen molar-refractivity contribution >= 4 is 72.7 Å². The van der Waals surface area contributed by atoms with Crippen LogP contribution in [0.3, 0.4) is 0 Å². The molecule has 3 aromatic rings. The van der Waals surface area contributed by atoms with Gasteiger partial charge < -0.3 is 10.2 Å². The van der Waals surface area contributed by atoms with Crippen molar-refractivity contribution in [1.29, 1.82) is 0 Å². The fourth-order valence-corrected chi connectivity index (χ4v) is 7.75. The molecule has 14 heteroatoms. The highest BCUT2D eigenvalue weighted by Gasteiger charge is 2.52. The lowest BCUT2D eigenvalue weighted by molar-refractivity contribution is -0.124. The molecular formula is C28H31BrCl2N6O4S. The molecular weight excluding hydrogens is 667 g/mol. The zero-order valence-corrected chi connectivity index (χ0v) is 27.1. The number of nitrogens with zero attached hydrogens (tertiary/aromatic N) is 5. The number of carbonyl (C=O) groups excluding carboxylic acids is 2. The van der Waals surface area contributed by atoms with Crippen LogP contribution in [-0.4, -0.2) is 71.8 Å². The minimum absolute atomic E-state index is 0.0954. The van der Waals surface area contributed by atoms with Gasteiger partial charge in [0, 0.05) is 53.7 Å². The quantitative estimate of drug-likeness (QED) is 0.317. The van der Waals surface area contributed by atoms with E-state index in [2.05, 4.69) is 26.2 Å². The van der Waals surface area contributed by atoms with Crippen LogP contribution in [-0.2, 0) is 26.8 Å². The van der Waals surface area contributed by atoms with Crippen LogP contribution in [0.15, 0.2) is 58.2 Å². The maximum atomic E-state index is 14.2. The van der Waals surface area contributed by atoms with Crippen molar-refractivity contribution in [3.8, 4) is 0 Å². The number of anilines is 2. The van der Waals surface area contributed by atoms with Crippen molar-refractivity contribution in [2.45, 2.75) is 43.7 Å².